The molecule has 9 aromatic heterocycles. The van der Waals surface area contributed by atoms with E-state index in [1.165, 1.54) is 0 Å². The number of aromatic nitrogens is 12. The zero-order chi connectivity index (χ0) is 77.3. The van der Waals surface area contributed by atoms with Crippen LogP contribution in [0.15, 0.2) is 152 Å². The number of pyridine rings is 3. The van der Waals surface area contributed by atoms with Crippen LogP contribution in [0.2, 0.25) is 0 Å². The van der Waals surface area contributed by atoms with Crippen molar-refractivity contribution in [2.45, 2.75) is 25.9 Å². The van der Waals surface area contributed by atoms with Crippen molar-refractivity contribution in [3.8, 4) is 73.9 Å². The molecule has 3 aromatic carbocycles. The molecule has 12 aromatic rings. The van der Waals surface area contributed by atoms with Gasteiger partial charge in [-0.05, 0) is 112 Å². The van der Waals surface area contributed by atoms with Gasteiger partial charge < -0.3 is 89.5 Å². The van der Waals surface area contributed by atoms with Crippen LogP contribution in [0.3, 0.4) is 0 Å². The standard InChI is InChI=1S/C83H87N21O9/c1-83(47-110-48-83)49-112-75-42-69(87-43-61(75)67-41-71(68-38-58(13-16-84-68)113-57-7-5-6-8-57)98-82(97-67)89-55-10-12-63-52(32-55)35-73(92-63)78(108)103-27-21-100(3)22-28-103)64-14-17-86-81(95-64)90-56-33-53-36-74(79(109)104-29-23-101(4)24-30-104)94-76(53)60(37-56)66-39-59(111-46-50(44-105)45-106)40-70(93-66)65-15-18-85-80(96-65)88-54-9-11-62-51(31-54)34-72(91-62)77(107)102-25-19-99(2)20-26-102/h5-6,9-18,31-43,50,57,91-92,94,105-106H,7-8,19-30,44-49H2,1-4H3,(H,85,88,96)(H,86,90,95)(H,89,97,98). The summed E-state index contributed by atoms with van der Waals surface area (Å²) in [6, 6.07) is 35.4. The lowest BCUT2D eigenvalue weighted by molar-refractivity contribution is -0.120. The van der Waals surface area contributed by atoms with Gasteiger partial charge in [0.1, 0.15) is 40.4 Å². The number of H-pyrrole nitrogens is 3. The van der Waals surface area contributed by atoms with E-state index in [1.807, 2.05) is 113 Å². The molecule has 5 aliphatic rings. The molecule has 8 N–H and O–H groups in total. The van der Waals surface area contributed by atoms with Crippen molar-refractivity contribution in [2.75, 3.05) is 155 Å². The van der Waals surface area contributed by atoms with E-state index in [2.05, 4.69) is 83.8 Å². The van der Waals surface area contributed by atoms with Crippen molar-refractivity contribution >= 4 is 85.3 Å². The number of nitrogens with one attached hydrogen (secondary N) is 6. The molecule has 578 valence electrons. The number of ether oxygens (including phenoxy) is 4. The molecule has 17 rings (SSSR count). The second-order valence-electron chi connectivity index (χ2n) is 30.1. The molecule has 30 nitrogen and oxygen atoms in total. The molecule has 4 saturated heterocycles. The lowest BCUT2D eigenvalue weighted by Gasteiger charge is -2.37. The predicted octanol–water partition coefficient (Wildman–Crippen LogP) is 9.91. The summed E-state index contributed by atoms with van der Waals surface area (Å²) >= 11 is 0. The average Bonchev–Trinajstić information content (AvgIpc) is 1.69. The van der Waals surface area contributed by atoms with Crippen LogP contribution in [0.25, 0.3) is 89.4 Å². The molecule has 0 saturated carbocycles. The Morgan fingerprint density at radius 1 is 0.487 bits per heavy atom. The number of likely N-dealkylation sites (N-methyl/N-ethyl adjacent to an activating group) is 3. The number of carbonyl (C=O) groups is 3. The number of benzene rings is 3. The van der Waals surface area contributed by atoms with Crippen molar-refractivity contribution < 1.29 is 43.5 Å². The fraction of sp³-hybridized carbons (Fsp3) is 0.325. The molecule has 0 radical (unpaired) electrons. The van der Waals surface area contributed by atoms with Crippen LogP contribution < -0.4 is 30.2 Å². The first-order valence-corrected chi connectivity index (χ1v) is 38.1. The van der Waals surface area contributed by atoms with E-state index < -0.39 is 5.92 Å². The highest BCUT2D eigenvalue weighted by molar-refractivity contribution is 6.04. The summed E-state index contributed by atoms with van der Waals surface area (Å²) in [5, 5.41) is 33.1. The molecule has 0 atom stereocenters. The third-order valence-electron chi connectivity index (χ3n) is 21.3. The minimum absolute atomic E-state index is 0.00673. The number of fused-ring (bicyclic) bond motifs is 3. The van der Waals surface area contributed by atoms with Crippen LogP contribution in [0.1, 0.15) is 51.2 Å². The average molecular weight is 1520 g/mol. The minimum Gasteiger partial charge on any atom is -0.493 e. The molecule has 113 heavy (non-hydrogen) atoms. The number of carbonyl (C=O) groups excluding carboxylic acids is 3. The van der Waals surface area contributed by atoms with Crippen LogP contribution in [0.4, 0.5) is 34.9 Å². The maximum absolute atomic E-state index is 14.5. The van der Waals surface area contributed by atoms with Crippen LogP contribution in [-0.2, 0) is 4.74 Å². The van der Waals surface area contributed by atoms with Crippen molar-refractivity contribution in [2.24, 2.45) is 11.3 Å². The third kappa shape index (κ3) is 16.4. The number of hydrogen-bond acceptors (Lipinski definition) is 24. The van der Waals surface area contributed by atoms with Crippen LogP contribution in [-0.4, -0.2) is 263 Å². The quantitative estimate of drug-likeness (QED) is 0.0261. The first kappa shape index (κ1) is 73.5. The van der Waals surface area contributed by atoms with Gasteiger partial charge in [-0.15, -0.1) is 0 Å². The summed E-state index contributed by atoms with van der Waals surface area (Å²) in [6.45, 7) is 11.2. The van der Waals surface area contributed by atoms with Gasteiger partial charge in [0.15, 0.2) is 0 Å². The zero-order valence-corrected chi connectivity index (χ0v) is 63.2. The topological polar surface area (TPSA) is 347 Å². The van der Waals surface area contributed by atoms with Crippen molar-refractivity contribution in [3.05, 3.63) is 169 Å². The third-order valence-corrected chi connectivity index (χ3v) is 21.3. The van der Waals surface area contributed by atoms with Crippen LogP contribution in [0.5, 0.6) is 17.2 Å². The Bertz CT molecular complexity index is 5570. The molecule has 0 bridgehead atoms. The van der Waals surface area contributed by atoms with E-state index >= 15 is 0 Å². The highest BCUT2D eigenvalue weighted by Crippen LogP contribution is 2.40. The van der Waals surface area contributed by atoms with Crippen LogP contribution in [0, 0.1) is 11.3 Å². The van der Waals surface area contributed by atoms with Crippen molar-refractivity contribution in [1.82, 2.24) is 89.2 Å². The van der Waals surface area contributed by atoms with Gasteiger partial charge in [-0.1, -0.05) is 19.1 Å². The van der Waals surface area contributed by atoms with Gasteiger partial charge in [0, 0.05) is 202 Å². The first-order chi connectivity index (χ1) is 55.0. The Labute approximate surface area is 650 Å². The Morgan fingerprint density at radius 2 is 0.982 bits per heavy atom. The summed E-state index contributed by atoms with van der Waals surface area (Å²) in [6.07, 6.45) is 12.6. The number of hydrogen-bond donors (Lipinski definition) is 8. The molecule has 1 aliphatic carbocycles. The molecule has 3 amide bonds. The van der Waals surface area contributed by atoms with E-state index in [9.17, 15) is 24.6 Å². The maximum atomic E-state index is 14.5. The van der Waals surface area contributed by atoms with Crippen LogP contribution >= 0.6 is 0 Å². The van der Waals surface area contributed by atoms with Crippen molar-refractivity contribution in [3.63, 3.8) is 0 Å². The maximum Gasteiger partial charge on any atom is 0.270 e. The Hall–Kier alpha value is -12.3. The van der Waals surface area contributed by atoms with Gasteiger partial charge in [0.2, 0.25) is 17.8 Å². The lowest BCUT2D eigenvalue weighted by atomic mass is 9.90. The van der Waals surface area contributed by atoms with Crippen molar-refractivity contribution in [1.29, 1.82) is 0 Å². The summed E-state index contributed by atoms with van der Waals surface area (Å²) in [7, 11) is 6.16. The SMILES string of the molecule is CN1CCN(C(=O)c2cc3cc(Nc4nccc(-c5cc(OCC(CO)CO)cc(-c6cc(Nc7nccc(-c8cc(OCC9(C)COC9)c(-c9cc(-c%10cc(OC%11CC=CC%11)ccn%10)nc(Nc%10ccc%11[nH]c(C(=O)N%12CCN(C)CC%12)cc%11c%10)n9)cn8)n7)cc7cc(C(=O)N8CCN(C)CC8)[nH]c67)n5)n4)ccc3[nH]2)CC1. The number of piperazine rings is 3. The number of anilines is 6. The Balaban J connectivity index is 0.705. The molecule has 0 unspecified atom stereocenters. The van der Waals surface area contributed by atoms with Gasteiger partial charge in [0.05, 0.1) is 96.3 Å². The van der Waals surface area contributed by atoms with Gasteiger partial charge in [-0.3, -0.25) is 24.4 Å². The summed E-state index contributed by atoms with van der Waals surface area (Å²) in [5.41, 5.74) is 10.2. The summed E-state index contributed by atoms with van der Waals surface area (Å²) in [4.78, 5) is 109. The fourth-order valence-corrected chi connectivity index (χ4v) is 14.5. The number of aliphatic hydroxyl groups excluding tert-OH is 2. The van der Waals surface area contributed by atoms with Gasteiger partial charge in [-0.25, -0.2) is 34.9 Å². The molecular weight excluding hydrogens is 1440 g/mol. The fourth-order valence-electron chi connectivity index (χ4n) is 14.5. The number of aromatic amines is 3. The second-order valence-corrected chi connectivity index (χ2v) is 30.1. The molecular formula is C83H87N21O9. The number of rotatable bonds is 24. The molecule has 13 heterocycles. The highest BCUT2D eigenvalue weighted by atomic mass is 16.5. The molecule has 0 spiro atoms. The monoisotopic (exact) mass is 1520 g/mol. The van der Waals surface area contributed by atoms with E-state index in [-0.39, 0.29) is 66.9 Å². The highest BCUT2D eigenvalue weighted by Gasteiger charge is 2.35. The second kappa shape index (κ2) is 31.8. The zero-order valence-electron chi connectivity index (χ0n) is 63.2. The Morgan fingerprint density at radius 3 is 1.58 bits per heavy atom. The lowest BCUT2D eigenvalue weighted by Crippen LogP contribution is -2.47. The van der Waals surface area contributed by atoms with E-state index in [0.29, 0.717) is 178 Å². The van der Waals surface area contributed by atoms with E-state index in [4.69, 9.17) is 58.8 Å². The molecule has 4 fully saturated rings. The Kier molecular flexibility index (Phi) is 20.7. The van der Waals surface area contributed by atoms with Gasteiger partial charge in [0.25, 0.3) is 17.7 Å². The predicted molar refractivity (Wildman–Crippen MR) is 429 cm³/mol. The molecule has 4 aliphatic heterocycles. The normalized spacial score (nSPS) is 16.3. The smallest absolute Gasteiger partial charge is 0.270 e. The van der Waals surface area contributed by atoms with E-state index in [1.54, 1.807) is 49.1 Å². The van der Waals surface area contributed by atoms with Gasteiger partial charge in [-0.2, -0.15) is 0 Å². The summed E-state index contributed by atoms with van der Waals surface area (Å²) in [5.74, 6) is 1.44. The largest absolute Gasteiger partial charge is 0.493 e. The minimum atomic E-state index is -0.585. The van der Waals surface area contributed by atoms with E-state index in [0.717, 1.165) is 73.9 Å². The van der Waals surface area contributed by atoms with Gasteiger partial charge >= 0.3 is 0 Å². The number of nitrogens with zero attached hydrogens (tertiary/aromatic N) is 15. The first-order valence-electron chi connectivity index (χ1n) is 38.1. The molecule has 30 heteroatoms. The number of aliphatic hydroxyl groups is 2. The number of amides is 3. The summed E-state index contributed by atoms with van der Waals surface area (Å²) < 4.78 is 25.4.